The van der Waals surface area contributed by atoms with Crippen molar-refractivity contribution in [1.82, 2.24) is 0 Å². The number of halogens is 1. The average Bonchev–Trinajstić information content (AvgIpc) is 3.54. The Hall–Kier alpha value is -3.51. The molecule has 3 aromatic rings. The molecule has 6 nitrogen and oxygen atoms in total. The number of carbonyl (C=O) groups is 2. The van der Waals surface area contributed by atoms with Crippen LogP contribution in [0.25, 0.3) is 11.1 Å². The number of aromatic carboxylic acids is 1. The summed E-state index contributed by atoms with van der Waals surface area (Å²) in [5.74, 6) is -1.80. The highest BCUT2D eigenvalue weighted by Gasteiger charge is 2.51. The fourth-order valence-electron chi connectivity index (χ4n) is 3.71. The smallest absolute Gasteiger partial charge is 0.337 e. The predicted molar refractivity (Wildman–Crippen MR) is 118 cm³/mol. The number of carboxylic acids is 1. The van der Waals surface area contributed by atoms with E-state index in [1.165, 1.54) is 18.2 Å². The van der Waals surface area contributed by atoms with Gasteiger partial charge in [-0.1, -0.05) is 29.8 Å². The number of carbonyl (C=O) groups excluding carboxylic acids is 1. The van der Waals surface area contributed by atoms with Crippen LogP contribution < -0.4 is 5.32 Å². The van der Waals surface area contributed by atoms with E-state index in [-0.39, 0.29) is 28.0 Å². The Balaban J connectivity index is 1.63. The zero-order valence-corrected chi connectivity index (χ0v) is 17.4. The normalized spacial score (nSPS) is 14.1. The molecular weight excluding hydrogens is 418 g/mol. The van der Waals surface area contributed by atoms with E-state index < -0.39 is 11.4 Å². The molecule has 4 rings (SSSR count). The minimum Gasteiger partial charge on any atom is -0.504 e. The first kappa shape index (κ1) is 20.8. The van der Waals surface area contributed by atoms with Gasteiger partial charge in [-0.05, 0) is 78.4 Å². The zero-order valence-electron chi connectivity index (χ0n) is 16.6. The molecule has 1 aliphatic rings. The maximum atomic E-state index is 13.1. The van der Waals surface area contributed by atoms with E-state index in [1.807, 2.05) is 13.0 Å². The number of aromatic hydroxyl groups is 2. The third kappa shape index (κ3) is 3.82. The number of amides is 1. The van der Waals surface area contributed by atoms with E-state index in [0.29, 0.717) is 29.7 Å². The zero-order chi connectivity index (χ0) is 22.3. The van der Waals surface area contributed by atoms with Gasteiger partial charge in [-0.15, -0.1) is 0 Å². The lowest BCUT2D eigenvalue weighted by Gasteiger charge is -2.17. The molecule has 0 unspecified atom stereocenters. The summed E-state index contributed by atoms with van der Waals surface area (Å²) in [5.41, 5.74) is 2.87. The van der Waals surface area contributed by atoms with Crippen LogP contribution in [0.15, 0.2) is 54.6 Å². The summed E-state index contributed by atoms with van der Waals surface area (Å²) in [5, 5.41) is 31.8. The van der Waals surface area contributed by atoms with Crippen LogP contribution in [0, 0.1) is 6.92 Å². The number of nitrogens with one attached hydrogen (secondary N) is 1. The fraction of sp³-hybridized carbons (Fsp3) is 0.167. The number of rotatable bonds is 5. The highest BCUT2D eigenvalue weighted by atomic mass is 35.5. The van der Waals surface area contributed by atoms with Crippen molar-refractivity contribution in [2.45, 2.75) is 25.2 Å². The van der Waals surface area contributed by atoms with Crippen molar-refractivity contribution in [1.29, 1.82) is 0 Å². The molecule has 1 amide bonds. The number of phenolic OH excluding ortho intramolecular Hbond substituents is 2. The molecule has 4 N–H and O–H groups in total. The molecule has 0 spiro atoms. The second-order valence-corrected chi connectivity index (χ2v) is 8.18. The van der Waals surface area contributed by atoms with Crippen LogP contribution in [0.5, 0.6) is 11.5 Å². The van der Waals surface area contributed by atoms with Gasteiger partial charge in [-0.2, -0.15) is 0 Å². The maximum absolute atomic E-state index is 13.1. The largest absolute Gasteiger partial charge is 0.504 e. The van der Waals surface area contributed by atoms with Crippen molar-refractivity contribution >= 4 is 29.2 Å². The molecule has 0 heterocycles. The number of carboxylic acid groups (broad SMARTS) is 1. The van der Waals surface area contributed by atoms with Crippen LogP contribution in [0.3, 0.4) is 0 Å². The van der Waals surface area contributed by atoms with Crippen LogP contribution in [0.4, 0.5) is 5.69 Å². The molecular formula is C24H20ClNO5. The molecule has 7 heteroatoms. The minimum atomic E-state index is -1.11. The standard InChI is InChI=1S/C24H20ClNO5/c1-13-2-5-16(12-17(13)14-3-6-19(25)18(10-14)22(29)30)26-23(31)24(8-9-24)15-4-7-20(27)21(28)11-15/h2-7,10-12,27-28H,8-9H2,1H3,(H,26,31)(H,29,30). The molecule has 1 fully saturated rings. The van der Waals surface area contributed by atoms with Crippen LogP contribution in [0.2, 0.25) is 5.02 Å². The summed E-state index contributed by atoms with van der Waals surface area (Å²) in [7, 11) is 0. The van der Waals surface area contributed by atoms with Crippen molar-refractivity contribution in [2.75, 3.05) is 5.32 Å². The van der Waals surface area contributed by atoms with E-state index in [0.717, 1.165) is 11.1 Å². The Morgan fingerprint density at radius 3 is 2.35 bits per heavy atom. The minimum absolute atomic E-state index is 0.0112. The van der Waals surface area contributed by atoms with E-state index in [9.17, 15) is 24.9 Å². The topological polar surface area (TPSA) is 107 Å². The van der Waals surface area contributed by atoms with Crippen LogP contribution in [-0.4, -0.2) is 27.2 Å². The van der Waals surface area contributed by atoms with Gasteiger partial charge in [0.1, 0.15) is 0 Å². The number of hydrogen-bond acceptors (Lipinski definition) is 4. The van der Waals surface area contributed by atoms with Crippen LogP contribution in [0.1, 0.15) is 34.3 Å². The molecule has 0 atom stereocenters. The lowest BCUT2D eigenvalue weighted by Crippen LogP contribution is -2.27. The first-order chi connectivity index (χ1) is 14.7. The lowest BCUT2D eigenvalue weighted by molar-refractivity contribution is -0.118. The van der Waals surface area contributed by atoms with E-state index in [4.69, 9.17) is 11.6 Å². The molecule has 31 heavy (non-hydrogen) atoms. The van der Waals surface area contributed by atoms with Gasteiger partial charge in [0.2, 0.25) is 5.91 Å². The number of anilines is 1. The molecule has 0 bridgehead atoms. The van der Waals surface area contributed by atoms with Gasteiger partial charge in [-0.25, -0.2) is 4.79 Å². The molecule has 0 aromatic heterocycles. The summed E-state index contributed by atoms with van der Waals surface area (Å²) in [4.78, 5) is 24.5. The van der Waals surface area contributed by atoms with E-state index in [2.05, 4.69) is 5.32 Å². The van der Waals surface area contributed by atoms with Gasteiger partial charge in [-0.3, -0.25) is 4.79 Å². The quantitative estimate of drug-likeness (QED) is 0.416. The van der Waals surface area contributed by atoms with Crippen LogP contribution >= 0.6 is 11.6 Å². The molecule has 0 saturated heterocycles. The van der Waals surface area contributed by atoms with Crippen molar-refractivity contribution in [3.63, 3.8) is 0 Å². The van der Waals surface area contributed by atoms with Gasteiger partial charge < -0.3 is 20.6 Å². The van der Waals surface area contributed by atoms with Gasteiger partial charge >= 0.3 is 5.97 Å². The van der Waals surface area contributed by atoms with Crippen molar-refractivity contribution in [2.24, 2.45) is 0 Å². The van der Waals surface area contributed by atoms with Crippen molar-refractivity contribution in [3.05, 3.63) is 76.3 Å². The lowest BCUT2D eigenvalue weighted by atomic mass is 9.94. The summed E-state index contributed by atoms with van der Waals surface area (Å²) in [6.45, 7) is 1.90. The van der Waals surface area contributed by atoms with Crippen LogP contribution in [-0.2, 0) is 10.2 Å². The van der Waals surface area contributed by atoms with Gasteiger partial charge in [0.15, 0.2) is 11.5 Å². The number of hydrogen-bond donors (Lipinski definition) is 4. The Morgan fingerprint density at radius 2 is 1.71 bits per heavy atom. The van der Waals surface area contributed by atoms with Crippen molar-refractivity contribution < 1.29 is 24.9 Å². The highest BCUT2D eigenvalue weighted by molar-refractivity contribution is 6.33. The van der Waals surface area contributed by atoms with E-state index in [1.54, 1.807) is 30.3 Å². The first-order valence-electron chi connectivity index (χ1n) is 9.69. The van der Waals surface area contributed by atoms with Gasteiger partial charge in [0.05, 0.1) is 16.0 Å². The third-order valence-corrected chi connectivity index (χ3v) is 6.05. The summed E-state index contributed by atoms with van der Waals surface area (Å²) < 4.78 is 0. The highest BCUT2D eigenvalue weighted by Crippen LogP contribution is 2.50. The molecule has 1 saturated carbocycles. The summed E-state index contributed by atoms with van der Waals surface area (Å²) >= 11 is 5.98. The SMILES string of the molecule is Cc1ccc(NC(=O)C2(c3ccc(O)c(O)c3)CC2)cc1-c1ccc(Cl)c(C(=O)O)c1. The Labute approximate surface area is 183 Å². The van der Waals surface area contributed by atoms with Gasteiger partial charge in [0, 0.05) is 5.69 Å². The second kappa shape index (κ2) is 7.63. The second-order valence-electron chi connectivity index (χ2n) is 7.77. The fourth-order valence-corrected chi connectivity index (χ4v) is 3.91. The maximum Gasteiger partial charge on any atom is 0.337 e. The molecule has 0 radical (unpaired) electrons. The van der Waals surface area contributed by atoms with Crippen molar-refractivity contribution in [3.8, 4) is 22.6 Å². The monoisotopic (exact) mass is 437 g/mol. The average molecular weight is 438 g/mol. The predicted octanol–water partition coefficient (Wildman–Crippen LogP) is 5.10. The first-order valence-corrected chi connectivity index (χ1v) is 10.1. The van der Waals surface area contributed by atoms with Gasteiger partial charge in [0.25, 0.3) is 0 Å². The molecule has 0 aliphatic heterocycles. The Bertz CT molecular complexity index is 1220. The molecule has 3 aromatic carbocycles. The third-order valence-electron chi connectivity index (χ3n) is 5.72. The molecule has 1 aliphatic carbocycles. The Morgan fingerprint density at radius 1 is 0.968 bits per heavy atom. The summed E-state index contributed by atoms with van der Waals surface area (Å²) in [6.07, 6.45) is 1.28. The van der Waals surface area contributed by atoms with E-state index >= 15 is 0 Å². The number of benzene rings is 3. The number of phenols is 2. The Kier molecular flexibility index (Phi) is 5.11. The number of aryl methyl sites for hydroxylation is 1. The molecule has 158 valence electrons. The summed E-state index contributed by atoms with van der Waals surface area (Å²) in [6, 6.07) is 14.7.